The topological polar surface area (TPSA) is 58.2 Å². The lowest BCUT2D eigenvalue weighted by molar-refractivity contribution is 0.393. The molecule has 5 heteroatoms. The lowest BCUT2D eigenvalue weighted by Gasteiger charge is -2.23. The largest absolute Gasteiger partial charge is 0.314 e. The van der Waals surface area contributed by atoms with E-state index in [1.165, 1.54) is 12.8 Å². The second-order valence-electron chi connectivity index (χ2n) is 5.17. The Kier molecular flexibility index (Phi) is 4.82. The summed E-state index contributed by atoms with van der Waals surface area (Å²) in [7, 11) is -3.25. The van der Waals surface area contributed by atoms with Gasteiger partial charge in [0.1, 0.15) is 0 Å². The summed E-state index contributed by atoms with van der Waals surface area (Å²) in [6.07, 6.45) is 4.16. The Morgan fingerprint density at radius 3 is 2.79 bits per heavy atom. The summed E-state index contributed by atoms with van der Waals surface area (Å²) in [4.78, 5) is 0. The molecule has 1 aromatic carbocycles. The fourth-order valence-corrected chi connectivity index (χ4v) is 3.63. The number of rotatable bonds is 5. The van der Waals surface area contributed by atoms with E-state index < -0.39 is 10.0 Å². The molecule has 2 rings (SSSR count). The molecule has 0 radical (unpaired) electrons. The van der Waals surface area contributed by atoms with Crippen LogP contribution in [0.3, 0.4) is 0 Å². The SMILES string of the molecule is Cc1ccccc1NS(=O)(=O)CCC1CCCCN1. The second-order valence-corrected chi connectivity index (χ2v) is 7.01. The highest BCUT2D eigenvalue weighted by Gasteiger charge is 2.17. The quantitative estimate of drug-likeness (QED) is 0.871. The molecule has 0 aliphatic carbocycles. The molecular formula is C14H22N2O2S. The highest BCUT2D eigenvalue weighted by Crippen LogP contribution is 2.16. The fraction of sp³-hybridized carbons (Fsp3) is 0.571. The Labute approximate surface area is 115 Å². The molecule has 0 saturated carbocycles. The molecule has 4 nitrogen and oxygen atoms in total. The number of hydrogen-bond acceptors (Lipinski definition) is 3. The summed E-state index contributed by atoms with van der Waals surface area (Å²) in [6, 6.07) is 7.79. The van der Waals surface area contributed by atoms with Crippen LogP contribution in [0, 0.1) is 6.92 Å². The molecule has 1 aliphatic rings. The summed E-state index contributed by atoms with van der Waals surface area (Å²) >= 11 is 0. The van der Waals surface area contributed by atoms with Crippen molar-refractivity contribution in [3.05, 3.63) is 29.8 Å². The smallest absolute Gasteiger partial charge is 0.232 e. The molecular weight excluding hydrogens is 260 g/mol. The van der Waals surface area contributed by atoms with Crippen LogP contribution in [0.25, 0.3) is 0 Å². The van der Waals surface area contributed by atoms with Crippen molar-refractivity contribution in [3.8, 4) is 0 Å². The summed E-state index contributed by atoms with van der Waals surface area (Å²) in [5.41, 5.74) is 1.63. The molecule has 1 saturated heterocycles. The van der Waals surface area contributed by atoms with Gasteiger partial charge in [0, 0.05) is 6.04 Å². The van der Waals surface area contributed by atoms with Crippen molar-refractivity contribution in [1.29, 1.82) is 0 Å². The van der Waals surface area contributed by atoms with Crippen molar-refractivity contribution in [1.82, 2.24) is 5.32 Å². The monoisotopic (exact) mass is 282 g/mol. The van der Waals surface area contributed by atoms with Gasteiger partial charge in [0.15, 0.2) is 0 Å². The van der Waals surface area contributed by atoms with Crippen molar-refractivity contribution < 1.29 is 8.42 Å². The highest BCUT2D eigenvalue weighted by atomic mass is 32.2. The van der Waals surface area contributed by atoms with Gasteiger partial charge in [-0.05, 0) is 44.4 Å². The van der Waals surface area contributed by atoms with Gasteiger partial charge in [-0.1, -0.05) is 24.6 Å². The third kappa shape index (κ3) is 4.51. The van der Waals surface area contributed by atoms with Gasteiger partial charge in [-0.3, -0.25) is 4.72 Å². The van der Waals surface area contributed by atoms with Gasteiger partial charge in [0.05, 0.1) is 11.4 Å². The first kappa shape index (κ1) is 14.3. The molecule has 2 N–H and O–H groups in total. The van der Waals surface area contributed by atoms with Crippen molar-refractivity contribution in [2.24, 2.45) is 0 Å². The summed E-state index contributed by atoms with van der Waals surface area (Å²) in [5, 5.41) is 3.37. The van der Waals surface area contributed by atoms with Crippen LogP contribution in [-0.2, 0) is 10.0 Å². The molecule has 1 aliphatic heterocycles. The summed E-state index contributed by atoms with van der Waals surface area (Å²) < 4.78 is 26.8. The van der Waals surface area contributed by atoms with Gasteiger partial charge in [0.2, 0.25) is 10.0 Å². The maximum absolute atomic E-state index is 12.1. The lowest BCUT2D eigenvalue weighted by atomic mass is 10.0. The summed E-state index contributed by atoms with van der Waals surface area (Å²) in [6.45, 7) is 2.91. The molecule has 1 fully saturated rings. The van der Waals surface area contributed by atoms with E-state index in [-0.39, 0.29) is 5.75 Å². The maximum Gasteiger partial charge on any atom is 0.232 e. The molecule has 1 heterocycles. The van der Waals surface area contributed by atoms with E-state index in [0.717, 1.165) is 18.5 Å². The maximum atomic E-state index is 12.1. The number of hydrogen-bond donors (Lipinski definition) is 2. The van der Waals surface area contributed by atoms with Crippen molar-refractivity contribution in [2.45, 2.75) is 38.6 Å². The minimum atomic E-state index is -3.25. The predicted octanol–water partition coefficient (Wildman–Crippen LogP) is 2.27. The highest BCUT2D eigenvalue weighted by molar-refractivity contribution is 7.92. The van der Waals surface area contributed by atoms with E-state index in [1.807, 2.05) is 25.1 Å². The van der Waals surface area contributed by atoms with E-state index >= 15 is 0 Å². The number of benzene rings is 1. The van der Waals surface area contributed by atoms with Crippen LogP contribution in [0.2, 0.25) is 0 Å². The van der Waals surface area contributed by atoms with Crippen molar-refractivity contribution in [3.63, 3.8) is 0 Å². The van der Waals surface area contributed by atoms with Gasteiger partial charge in [-0.2, -0.15) is 0 Å². The zero-order valence-corrected chi connectivity index (χ0v) is 12.2. The molecule has 0 amide bonds. The number of para-hydroxylation sites is 1. The number of piperidine rings is 1. The molecule has 19 heavy (non-hydrogen) atoms. The molecule has 0 spiro atoms. The minimum Gasteiger partial charge on any atom is -0.314 e. The van der Waals surface area contributed by atoms with Gasteiger partial charge in [-0.15, -0.1) is 0 Å². The second kappa shape index (κ2) is 6.39. The van der Waals surface area contributed by atoms with Gasteiger partial charge in [0.25, 0.3) is 0 Å². The summed E-state index contributed by atoms with van der Waals surface area (Å²) in [5.74, 6) is 0.180. The lowest BCUT2D eigenvalue weighted by Crippen LogP contribution is -2.36. The minimum absolute atomic E-state index is 0.180. The Morgan fingerprint density at radius 1 is 1.32 bits per heavy atom. The van der Waals surface area contributed by atoms with Crippen LogP contribution in [0.15, 0.2) is 24.3 Å². The first-order chi connectivity index (χ1) is 9.07. The Balaban J connectivity index is 1.90. The van der Waals surface area contributed by atoms with Crippen LogP contribution in [0.1, 0.15) is 31.2 Å². The Morgan fingerprint density at radius 2 is 2.11 bits per heavy atom. The zero-order chi connectivity index (χ0) is 13.7. The third-order valence-electron chi connectivity index (χ3n) is 3.56. The standard InChI is InChI=1S/C14H22N2O2S/c1-12-6-2-3-8-14(12)16-19(17,18)11-9-13-7-4-5-10-15-13/h2-3,6,8,13,15-16H,4-5,7,9-11H2,1H3. The average molecular weight is 282 g/mol. The first-order valence-electron chi connectivity index (χ1n) is 6.86. The molecule has 0 bridgehead atoms. The van der Waals surface area contributed by atoms with Crippen molar-refractivity contribution in [2.75, 3.05) is 17.0 Å². The normalized spacial score (nSPS) is 20.2. The van der Waals surface area contributed by atoms with Gasteiger partial charge >= 0.3 is 0 Å². The van der Waals surface area contributed by atoms with Crippen LogP contribution < -0.4 is 10.0 Å². The third-order valence-corrected chi connectivity index (χ3v) is 4.86. The van der Waals surface area contributed by atoms with Gasteiger partial charge < -0.3 is 5.32 Å². The molecule has 106 valence electrons. The molecule has 1 unspecified atom stereocenters. The molecule has 1 aromatic rings. The van der Waals surface area contributed by atoms with E-state index in [9.17, 15) is 8.42 Å². The van der Waals surface area contributed by atoms with E-state index in [0.29, 0.717) is 18.2 Å². The van der Waals surface area contributed by atoms with E-state index in [2.05, 4.69) is 10.0 Å². The molecule has 1 atom stereocenters. The number of aryl methyl sites for hydroxylation is 1. The van der Waals surface area contributed by atoms with Crippen LogP contribution in [-0.4, -0.2) is 26.8 Å². The fourth-order valence-electron chi connectivity index (χ4n) is 2.37. The van der Waals surface area contributed by atoms with Crippen molar-refractivity contribution >= 4 is 15.7 Å². The van der Waals surface area contributed by atoms with Crippen LogP contribution >= 0.6 is 0 Å². The van der Waals surface area contributed by atoms with E-state index in [1.54, 1.807) is 6.07 Å². The van der Waals surface area contributed by atoms with E-state index in [4.69, 9.17) is 0 Å². The Hall–Kier alpha value is -1.07. The molecule has 0 aromatic heterocycles. The predicted molar refractivity (Wildman–Crippen MR) is 78.8 cm³/mol. The Bertz CT molecular complexity index is 508. The first-order valence-corrected chi connectivity index (χ1v) is 8.51. The zero-order valence-electron chi connectivity index (χ0n) is 11.4. The average Bonchev–Trinajstić information content (AvgIpc) is 2.40. The van der Waals surface area contributed by atoms with Crippen LogP contribution in [0.5, 0.6) is 0 Å². The van der Waals surface area contributed by atoms with Gasteiger partial charge in [-0.25, -0.2) is 8.42 Å². The van der Waals surface area contributed by atoms with Crippen LogP contribution in [0.4, 0.5) is 5.69 Å². The number of anilines is 1. The number of nitrogens with one attached hydrogen (secondary N) is 2. The number of sulfonamides is 1.